The molecule has 0 aliphatic carbocycles. The molecule has 5 heteroatoms. The molecule has 0 saturated heterocycles. The molecular weight excluding hydrogens is 343 g/mol. The predicted molar refractivity (Wildman–Crippen MR) is 77.7 cm³/mol. The van der Waals surface area contributed by atoms with Crippen molar-refractivity contribution in [1.29, 1.82) is 5.26 Å². The van der Waals surface area contributed by atoms with Gasteiger partial charge in [-0.2, -0.15) is 18.4 Å². The Kier molecular flexibility index (Phi) is 4.69. The second-order valence-corrected chi connectivity index (χ2v) is 5.44. The molecule has 0 spiro atoms. The molecule has 0 aromatic heterocycles. The van der Waals surface area contributed by atoms with Crippen molar-refractivity contribution < 1.29 is 13.2 Å². The van der Waals surface area contributed by atoms with E-state index in [9.17, 15) is 13.2 Å². The third kappa shape index (κ3) is 3.85. The van der Waals surface area contributed by atoms with Crippen LogP contribution in [0.15, 0.2) is 46.9 Å². The van der Waals surface area contributed by atoms with E-state index in [0.717, 1.165) is 11.6 Å². The zero-order valence-corrected chi connectivity index (χ0v) is 12.5. The molecule has 0 radical (unpaired) electrons. The summed E-state index contributed by atoms with van der Waals surface area (Å²) in [5.74, 6) is 0. The van der Waals surface area contributed by atoms with Crippen molar-refractivity contribution in [1.82, 2.24) is 0 Å². The van der Waals surface area contributed by atoms with Crippen LogP contribution in [0.5, 0.6) is 0 Å². The smallest absolute Gasteiger partial charge is 0.192 e. The van der Waals surface area contributed by atoms with Gasteiger partial charge in [0.1, 0.15) is 0 Å². The summed E-state index contributed by atoms with van der Waals surface area (Å²) >= 11 is 2.94. The minimum Gasteiger partial charge on any atom is -0.192 e. The van der Waals surface area contributed by atoms with E-state index in [2.05, 4.69) is 15.9 Å². The van der Waals surface area contributed by atoms with Gasteiger partial charge in [-0.05, 0) is 36.1 Å². The summed E-state index contributed by atoms with van der Waals surface area (Å²) in [5, 5.41) is 9.06. The molecule has 0 N–H and O–H groups in total. The molecule has 21 heavy (non-hydrogen) atoms. The summed E-state index contributed by atoms with van der Waals surface area (Å²) in [5.41, 5.74) is 0.947. The van der Waals surface area contributed by atoms with E-state index >= 15 is 0 Å². The van der Waals surface area contributed by atoms with E-state index in [4.69, 9.17) is 5.26 Å². The maximum Gasteiger partial charge on any atom is 0.417 e. The molecule has 2 rings (SSSR count). The molecule has 2 aromatic carbocycles. The van der Waals surface area contributed by atoms with Crippen molar-refractivity contribution in [2.75, 3.05) is 0 Å². The molecule has 0 aliphatic heterocycles. The molecule has 0 aliphatic rings. The van der Waals surface area contributed by atoms with Crippen LogP contribution in [0, 0.1) is 11.3 Å². The molecule has 0 unspecified atom stereocenters. The topological polar surface area (TPSA) is 23.8 Å². The Hall–Kier alpha value is -1.80. The molecule has 0 bridgehead atoms. The Morgan fingerprint density at radius 1 is 1.05 bits per heavy atom. The van der Waals surface area contributed by atoms with Crippen molar-refractivity contribution in [3.8, 4) is 6.07 Å². The van der Waals surface area contributed by atoms with Gasteiger partial charge in [0.2, 0.25) is 0 Å². The van der Waals surface area contributed by atoms with Crippen LogP contribution in [0.4, 0.5) is 13.2 Å². The lowest BCUT2D eigenvalue weighted by molar-refractivity contribution is -0.138. The molecule has 0 heterocycles. The standard InChI is InChI=1S/C16H11BrF3N/c17-15-9-12(7-6-11-4-2-1-3-5-11)13(10-21)8-14(15)16(18,19)20/h1-5,8-9H,6-7H2. The molecule has 0 saturated carbocycles. The van der Waals surface area contributed by atoms with Gasteiger partial charge < -0.3 is 0 Å². The van der Waals surface area contributed by atoms with Gasteiger partial charge in [-0.25, -0.2) is 0 Å². The van der Waals surface area contributed by atoms with Gasteiger partial charge in [0, 0.05) is 4.47 Å². The zero-order chi connectivity index (χ0) is 15.5. The number of benzene rings is 2. The van der Waals surface area contributed by atoms with Crippen LogP contribution in [-0.2, 0) is 19.0 Å². The Bertz CT molecular complexity index is 672. The predicted octanol–water partition coefficient (Wildman–Crippen LogP) is 5.12. The molecule has 0 amide bonds. The Labute approximate surface area is 129 Å². The van der Waals surface area contributed by atoms with Gasteiger partial charge in [-0.3, -0.25) is 0 Å². The van der Waals surface area contributed by atoms with Gasteiger partial charge >= 0.3 is 6.18 Å². The second kappa shape index (κ2) is 6.31. The lowest BCUT2D eigenvalue weighted by atomic mass is 9.98. The third-order valence-corrected chi connectivity index (χ3v) is 3.80. The fraction of sp³-hybridized carbons (Fsp3) is 0.188. The van der Waals surface area contributed by atoms with Crippen LogP contribution in [0.2, 0.25) is 0 Å². The van der Waals surface area contributed by atoms with Crippen molar-refractivity contribution in [3.63, 3.8) is 0 Å². The van der Waals surface area contributed by atoms with E-state index in [1.54, 1.807) is 0 Å². The van der Waals surface area contributed by atoms with Crippen molar-refractivity contribution >= 4 is 15.9 Å². The fourth-order valence-electron chi connectivity index (χ4n) is 2.07. The van der Waals surface area contributed by atoms with Gasteiger partial charge in [0.15, 0.2) is 0 Å². The first-order chi connectivity index (χ1) is 9.91. The van der Waals surface area contributed by atoms with E-state index in [-0.39, 0.29) is 10.0 Å². The average molecular weight is 354 g/mol. The number of aryl methyl sites for hydroxylation is 2. The summed E-state index contributed by atoms with van der Waals surface area (Å²) < 4.78 is 38.4. The van der Waals surface area contributed by atoms with Crippen molar-refractivity contribution in [3.05, 3.63) is 69.2 Å². The van der Waals surface area contributed by atoms with Gasteiger partial charge in [0.05, 0.1) is 17.2 Å². The van der Waals surface area contributed by atoms with Gasteiger partial charge in [0.25, 0.3) is 0 Å². The highest BCUT2D eigenvalue weighted by atomic mass is 79.9. The first-order valence-corrected chi connectivity index (χ1v) is 7.05. The van der Waals surface area contributed by atoms with E-state index in [0.29, 0.717) is 18.4 Å². The molecular formula is C16H11BrF3N. The SMILES string of the molecule is N#Cc1cc(C(F)(F)F)c(Br)cc1CCc1ccccc1. The van der Waals surface area contributed by atoms with Crippen LogP contribution in [-0.4, -0.2) is 0 Å². The van der Waals surface area contributed by atoms with Gasteiger partial charge in [-0.15, -0.1) is 0 Å². The summed E-state index contributed by atoms with van der Waals surface area (Å²) in [4.78, 5) is 0. The summed E-state index contributed by atoms with van der Waals surface area (Å²) in [6, 6.07) is 13.8. The number of hydrogen-bond acceptors (Lipinski definition) is 1. The van der Waals surface area contributed by atoms with Crippen LogP contribution in [0.1, 0.15) is 22.3 Å². The highest BCUT2D eigenvalue weighted by molar-refractivity contribution is 9.10. The molecule has 1 nitrogen and oxygen atoms in total. The maximum absolute atomic E-state index is 12.8. The van der Waals surface area contributed by atoms with Crippen LogP contribution >= 0.6 is 15.9 Å². The average Bonchev–Trinajstić information content (AvgIpc) is 2.45. The quantitative estimate of drug-likeness (QED) is 0.750. The van der Waals surface area contributed by atoms with Gasteiger partial charge in [-0.1, -0.05) is 46.3 Å². The normalized spacial score (nSPS) is 11.2. The lowest BCUT2D eigenvalue weighted by Crippen LogP contribution is -2.08. The molecule has 2 aromatic rings. The summed E-state index contributed by atoms with van der Waals surface area (Å²) in [6.45, 7) is 0. The number of halogens is 4. The molecule has 0 atom stereocenters. The highest BCUT2D eigenvalue weighted by Crippen LogP contribution is 2.36. The third-order valence-electron chi connectivity index (χ3n) is 3.14. The first kappa shape index (κ1) is 15.6. The largest absolute Gasteiger partial charge is 0.417 e. The van der Waals surface area contributed by atoms with Crippen LogP contribution in [0.3, 0.4) is 0 Å². The number of hydrogen-bond donors (Lipinski definition) is 0. The van der Waals surface area contributed by atoms with Crippen LogP contribution in [0.25, 0.3) is 0 Å². The summed E-state index contributed by atoms with van der Waals surface area (Å²) in [6.07, 6.45) is -3.28. The first-order valence-electron chi connectivity index (χ1n) is 6.25. The fourth-order valence-corrected chi connectivity index (χ4v) is 2.68. The minimum absolute atomic E-state index is 0.0305. The van der Waals surface area contributed by atoms with Crippen molar-refractivity contribution in [2.24, 2.45) is 0 Å². The molecule has 0 fully saturated rings. The Morgan fingerprint density at radius 3 is 2.29 bits per heavy atom. The highest BCUT2D eigenvalue weighted by Gasteiger charge is 2.33. The summed E-state index contributed by atoms with van der Waals surface area (Å²) in [7, 11) is 0. The van der Waals surface area contributed by atoms with E-state index < -0.39 is 11.7 Å². The number of rotatable bonds is 3. The van der Waals surface area contributed by atoms with Crippen LogP contribution < -0.4 is 0 Å². The molecule has 108 valence electrons. The maximum atomic E-state index is 12.8. The number of nitrogens with zero attached hydrogens (tertiary/aromatic N) is 1. The minimum atomic E-state index is -4.47. The second-order valence-electron chi connectivity index (χ2n) is 4.58. The van der Waals surface area contributed by atoms with E-state index in [1.165, 1.54) is 6.07 Å². The lowest BCUT2D eigenvalue weighted by Gasteiger charge is -2.12. The van der Waals surface area contributed by atoms with E-state index in [1.807, 2.05) is 36.4 Å². The number of alkyl halides is 3. The number of nitriles is 1. The zero-order valence-electron chi connectivity index (χ0n) is 10.9. The van der Waals surface area contributed by atoms with Crippen molar-refractivity contribution in [2.45, 2.75) is 19.0 Å². The Balaban J connectivity index is 2.28. The Morgan fingerprint density at radius 2 is 1.71 bits per heavy atom. The monoisotopic (exact) mass is 353 g/mol.